The summed E-state index contributed by atoms with van der Waals surface area (Å²) in [5.74, 6) is -0.650. The third kappa shape index (κ3) is 2.88. The Morgan fingerprint density at radius 1 is 1.60 bits per heavy atom. The molecule has 20 heavy (non-hydrogen) atoms. The topological polar surface area (TPSA) is 88.2 Å². The molecule has 1 saturated heterocycles. The SMILES string of the molecule is Cc1cc(C(=O)N2CCOC(C(N)=NO)C2)ccc1F. The standard InChI is InChI=1S/C13H16FN3O3/c1-8-6-9(2-3-10(8)14)13(18)17-4-5-20-11(7-17)12(15)16-19/h2-3,6,11,19H,4-5,7H2,1H3,(H2,15,16). The molecular formula is C13H16FN3O3. The lowest BCUT2D eigenvalue weighted by atomic mass is 10.1. The number of benzene rings is 1. The molecule has 1 heterocycles. The van der Waals surface area contributed by atoms with Gasteiger partial charge in [0.25, 0.3) is 5.91 Å². The van der Waals surface area contributed by atoms with Crippen LogP contribution in [0.15, 0.2) is 23.4 Å². The Labute approximate surface area is 115 Å². The Kier molecular flexibility index (Phi) is 4.19. The monoisotopic (exact) mass is 281 g/mol. The normalized spacial score (nSPS) is 20.0. The van der Waals surface area contributed by atoms with E-state index in [1.807, 2.05) is 0 Å². The number of aryl methyl sites for hydroxylation is 1. The highest BCUT2D eigenvalue weighted by Crippen LogP contribution is 2.14. The molecule has 1 unspecified atom stereocenters. The molecule has 0 aliphatic carbocycles. The number of oxime groups is 1. The molecule has 1 fully saturated rings. The third-order valence-electron chi connectivity index (χ3n) is 3.20. The summed E-state index contributed by atoms with van der Waals surface area (Å²) < 4.78 is 18.5. The summed E-state index contributed by atoms with van der Waals surface area (Å²) in [6.45, 7) is 2.51. The first-order valence-corrected chi connectivity index (χ1v) is 6.17. The fourth-order valence-corrected chi connectivity index (χ4v) is 2.04. The first-order chi connectivity index (χ1) is 9.52. The molecule has 0 radical (unpaired) electrons. The van der Waals surface area contributed by atoms with Crippen LogP contribution < -0.4 is 5.73 Å². The number of hydrogen-bond donors (Lipinski definition) is 2. The third-order valence-corrected chi connectivity index (χ3v) is 3.20. The van der Waals surface area contributed by atoms with Gasteiger partial charge >= 0.3 is 0 Å². The molecule has 0 saturated carbocycles. The van der Waals surface area contributed by atoms with Gasteiger partial charge < -0.3 is 20.6 Å². The molecule has 7 heteroatoms. The van der Waals surface area contributed by atoms with Gasteiger partial charge in [0.2, 0.25) is 0 Å². The van der Waals surface area contributed by atoms with Gasteiger partial charge in [0.05, 0.1) is 13.2 Å². The van der Waals surface area contributed by atoms with Crippen molar-refractivity contribution in [1.29, 1.82) is 0 Å². The van der Waals surface area contributed by atoms with E-state index in [-0.39, 0.29) is 24.1 Å². The van der Waals surface area contributed by atoms with E-state index in [0.29, 0.717) is 24.3 Å². The number of nitrogens with two attached hydrogens (primary N) is 1. The number of amides is 1. The van der Waals surface area contributed by atoms with Gasteiger partial charge in [-0.1, -0.05) is 5.16 Å². The average molecular weight is 281 g/mol. The number of amidine groups is 1. The molecule has 0 aromatic heterocycles. The van der Waals surface area contributed by atoms with E-state index in [2.05, 4.69) is 5.16 Å². The number of rotatable bonds is 2. The van der Waals surface area contributed by atoms with E-state index >= 15 is 0 Å². The van der Waals surface area contributed by atoms with Crippen LogP contribution in [0.3, 0.4) is 0 Å². The van der Waals surface area contributed by atoms with E-state index in [4.69, 9.17) is 15.7 Å². The van der Waals surface area contributed by atoms with Gasteiger partial charge in [-0.3, -0.25) is 4.79 Å². The maximum Gasteiger partial charge on any atom is 0.254 e. The molecule has 108 valence electrons. The molecule has 2 rings (SSSR count). The lowest BCUT2D eigenvalue weighted by molar-refractivity contribution is 0.00675. The summed E-state index contributed by atoms with van der Waals surface area (Å²) >= 11 is 0. The van der Waals surface area contributed by atoms with Crippen molar-refractivity contribution >= 4 is 11.7 Å². The van der Waals surface area contributed by atoms with Crippen LogP contribution >= 0.6 is 0 Å². The molecule has 0 spiro atoms. The molecule has 0 bridgehead atoms. The minimum Gasteiger partial charge on any atom is -0.409 e. The maximum atomic E-state index is 13.2. The molecule has 6 nitrogen and oxygen atoms in total. The molecule has 1 aromatic carbocycles. The van der Waals surface area contributed by atoms with Crippen LogP contribution in [0.25, 0.3) is 0 Å². The van der Waals surface area contributed by atoms with Gasteiger partial charge in [0.1, 0.15) is 11.9 Å². The van der Waals surface area contributed by atoms with Crippen molar-refractivity contribution in [2.24, 2.45) is 10.9 Å². The van der Waals surface area contributed by atoms with Gasteiger partial charge in [-0.05, 0) is 30.7 Å². The van der Waals surface area contributed by atoms with Crippen molar-refractivity contribution in [2.75, 3.05) is 19.7 Å². The summed E-state index contributed by atoms with van der Waals surface area (Å²) in [4.78, 5) is 13.9. The van der Waals surface area contributed by atoms with Crippen molar-refractivity contribution in [1.82, 2.24) is 4.90 Å². The van der Waals surface area contributed by atoms with Crippen LogP contribution in [0, 0.1) is 12.7 Å². The Bertz CT molecular complexity index is 548. The number of halogens is 1. The molecule has 1 atom stereocenters. The molecule has 1 aliphatic rings. The first kappa shape index (κ1) is 14.3. The van der Waals surface area contributed by atoms with Crippen LogP contribution in [0.4, 0.5) is 4.39 Å². The van der Waals surface area contributed by atoms with Crippen LogP contribution in [-0.2, 0) is 4.74 Å². The minimum atomic E-state index is -0.626. The number of carbonyl (C=O) groups excluding carboxylic acids is 1. The van der Waals surface area contributed by atoms with Crippen molar-refractivity contribution < 1.29 is 19.1 Å². The Morgan fingerprint density at radius 2 is 2.35 bits per heavy atom. The lowest BCUT2D eigenvalue weighted by Crippen LogP contribution is -2.50. The van der Waals surface area contributed by atoms with Crippen molar-refractivity contribution in [3.8, 4) is 0 Å². The summed E-state index contributed by atoms with van der Waals surface area (Å²) in [5.41, 5.74) is 6.30. The zero-order chi connectivity index (χ0) is 14.7. The zero-order valence-electron chi connectivity index (χ0n) is 11.0. The van der Waals surface area contributed by atoms with Gasteiger partial charge in [-0.15, -0.1) is 0 Å². The molecule has 1 aliphatic heterocycles. The van der Waals surface area contributed by atoms with Crippen LogP contribution in [-0.4, -0.2) is 47.7 Å². The minimum absolute atomic E-state index is 0.0715. The largest absolute Gasteiger partial charge is 0.409 e. The fourth-order valence-electron chi connectivity index (χ4n) is 2.04. The van der Waals surface area contributed by atoms with Crippen LogP contribution in [0.1, 0.15) is 15.9 Å². The molecular weight excluding hydrogens is 265 g/mol. The van der Waals surface area contributed by atoms with Crippen LogP contribution in [0.2, 0.25) is 0 Å². The van der Waals surface area contributed by atoms with Gasteiger partial charge in [0.15, 0.2) is 5.84 Å². The number of carbonyl (C=O) groups is 1. The smallest absolute Gasteiger partial charge is 0.254 e. The van der Waals surface area contributed by atoms with Gasteiger partial charge in [-0.2, -0.15) is 0 Å². The number of hydrogen-bond acceptors (Lipinski definition) is 4. The second-order valence-corrected chi connectivity index (χ2v) is 4.60. The van der Waals surface area contributed by atoms with E-state index in [1.54, 1.807) is 11.8 Å². The Hall–Kier alpha value is -2.15. The first-order valence-electron chi connectivity index (χ1n) is 6.17. The highest BCUT2D eigenvalue weighted by atomic mass is 19.1. The number of nitrogens with zero attached hydrogens (tertiary/aromatic N) is 2. The molecule has 1 aromatic rings. The van der Waals surface area contributed by atoms with E-state index < -0.39 is 6.10 Å². The van der Waals surface area contributed by atoms with Crippen molar-refractivity contribution in [3.63, 3.8) is 0 Å². The van der Waals surface area contributed by atoms with E-state index in [9.17, 15) is 9.18 Å². The Balaban J connectivity index is 2.14. The van der Waals surface area contributed by atoms with Crippen molar-refractivity contribution in [3.05, 3.63) is 35.1 Å². The average Bonchev–Trinajstić information content (AvgIpc) is 2.48. The lowest BCUT2D eigenvalue weighted by Gasteiger charge is -2.32. The second-order valence-electron chi connectivity index (χ2n) is 4.60. The quantitative estimate of drug-likeness (QED) is 0.362. The zero-order valence-corrected chi connectivity index (χ0v) is 11.0. The fraction of sp³-hybridized carbons (Fsp3) is 0.385. The number of ether oxygens (including phenoxy) is 1. The molecule has 1 amide bonds. The highest BCUT2D eigenvalue weighted by molar-refractivity contribution is 5.95. The van der Waals surface area contributed by atoms with E-state index in [0.717, 1.165) is 0 Å². The maximum absolute atomic E-state index is 13.2. The van der Waals surface area contributed by atoms with Crippen molar-refractivity contribution in [2.45, 2.75) is 13.0 Å². The van der Waals surface area contributed by atoms with Gasteiger partial charge in [-0.25, -0.2) is 4.39 Å². The summed E-state index contributed by atoms with van der Waals surface area (Å²) in [6.07, 6.45) is -0.626. The van der Waals surface area contributed by atoms with Gasteiger partial charge in [0, 0.05) is 12.1 Å². The summed E-state index contributed by atoms with van der Waals surface area (Å²) in [6, 6.07) is 4.22. The Morgan fingerprint density at radius 3 is 3.00 bits per heavy atom. The molecule has 3 N–H and O–H groups in total. The summed E-state index contributed by atoms with van der Waals surface area (Å²) in [7, 11) is 0. The van der Waals surface area contributed by atoms with E-state index in [1.165, 1.54) is 18.2 Å². The highest BCUT2D eigenvalue weighted by Gasteiger charge is 2.27. The number of morpholine rings is 1. The summed E-state index contributed by atoms with van der Waals surface area (Å²) in [5, 5.41) is 11.5. The predicted molar refractivity (Wildman–Crippen MR) is 70.2 cm³/mol. The second kappa shape index (κ2) is 5.87. The van der Waals surface area contributed by atoms with Crippen LogP contribution in [0.5, 0.6) is 0 Å². The predicted octanol–water partition coefficient (Wildman–Crippen LogP) is 0.722.